The largest absolute Gasteiger partial charge is 0.359 e. The van der Waals surface area contributed by atoms with Crippen LogP contribution < -0.4 is 4.90 Å². The lowest BCUT2D eigenvalue weighted by Crippen LogP contribution is -2.23. The highest BCUT2D eigenvalue weighted by molar-refractivity contribution is 5.61. The van der Waals surface area contributed by atoms with E-state index in [9.17, 15) is 10.1 Å². The van der Waals surface area contributed by atoms with Crippen LogP contribution >= 0.6 is 0 Å². The van der Waals surface area contributed by atoms with Crippen LogP contribution in [-0.4, -0.2) is 28.5 Å². The molecule has 1 aromatic heterocycles. The first-order chi connectivity index (χ1) is 10.4. The number of nitro groups is 1. The maximum absolute atomic E-state index is 10.9. The Balaban J connectivity index is 2.41. The molecule has 0 N–H and O–H groups in total. The topological polar surface area (TPSA) is 72.2 Å². The minimum absolute atomic E-state index is 0.0414. The summed E-state index contributed by atoms with van der Waals surface area (Å²) in [7, 11) is 1.99. The molecule has 1 heterocycles. The van der Waals surface area contributed by atoms with E-state index in [4.69, 9.17) is 0 Å². The van der Waals surface area contributed by atoms with Crippen molar-refractivity contribution in [3.63, 3.8) is 0 Å². The number of aromatic nitrogens is 2. The fraction of sp³-hybridized carbons (Fsp3) is 0.375. The third kappa shape index (κ3) is 3.78. The molecular weight excluding hydrogens is 280 g/mol. The van der Waals surface area contributed by atoms with Gasteiger partial charge in [0, 0.05) is 43.0 Å². The van der Waals surface area contributed by atoms with Crippen molar-refractivity contribution in [2.75, 3.05) is 18.5 Å². The van der Waals surface area contributed by atoms with Gasteiger partial charge in [-0.15, -0.1) is 0 Å². The van der Waals surface area contributed by atoms with Gasteiger partial charge in [0.25, 0.3) is 5.69 Å². The van der Waals surface area contributed by atoms with Gasteiger partial charge in [-0.05, 0) is 12.8 Å². The minimum atomic E-state index is -0.412. The van der Waals surface area contributed by atoms with Crippen LogP contribution in [0.3, 0.4) is 0 Å². The minimum Gasteiger partial charge on any atom is -0.359 e. The Morgan fingerprint density at radius 1 is 1.27 bits per heavy atom. The van der Waals surface area contributed by atoms with E-state index in [2.05, 4.69) is 28.7 Å². The summed E-state index contributed by atoms with van der Waals surface area (Å²) in [6, 6.07) is 8.32. The van der Waals surface area contributed by atoms with E-state index in [1.165, 1.54) is 12.1 Å². The lowest BCUT2D eigenvalue weighted by atomic mass is 10.2. The highest BCUT2D eigenvalue weighted by Crippen LogP contribution is 2.23. The molecule has 0 amide bonds. The van der Waals surface area contributed by atoms with E-state index < -0.39 is 4.92 Å². The number of rotatable bonds is 5. The molecule has 0 saturated heterocycles. The average Bonchev–Trinajstić information content (AvgIpc) is 2.46. The standard InChI is InChI=1S/C16H20N4O2/c1-11(2)10-19(4)15-8-12(3)17-16(18-15)13-6-5-7-14(9-13)20(21)22/h5-9,11H,10H2,1-4H3. The normalized spacial score (nSPS) is 10.8. The second kappa shape index (κ2) is 6.51. The number of aryl methyl sites for hydroxylation is 1. The molecule has 0 aliphatic rings. The molecule has 0 saturated carbocycles. The highest BCUT2D eigenvalue weighted by atomic mass is 16.6. The summed E-state index contributed by atoms with van der Waals surface area (Å²) in [4.78, 5) is 21.5. The molecule has 0 fully saturated rings. The van der Waals surface area contributed by atoms with E-state index in [-0.39, 0.29) is 5.69 Å². The summed E-state index contributed by atoms with van der Waals surface area (Å²) in [5, 5.41) is 10.9. The smallest absolute Gasteiger partial charge is 0.270 e. The molecule has 0 aliphatic carbocycles. The number of benzene rings is 1. The Morgan fingerprint density at radius 3 is 2.64 bits per heavy atom. The van der Waals surface area contributed by atoms with Gasteiger partial charge in [-0.3, -0.25) is 10.1 Å². The van der Waals surface area contributed by atoms with Crippen LogP contribution in [0.15, 0.2) is 30.3 Å². The van der Waals surface area contributed by atoms with Gasteiger partial charge in [-0.25, -0.2) is 9.97 Å². The lowest BCUT2D eigenvalue weighted by molar-refractivity contribution is -0.384. The fourth-order valence-electron chi connectivity index (χ4n) is 2.28. The number of nitro benzene ring substituents is 1. The molecule has 0 spiro atoms. The Labute approximate surface area is 130 Å². The van der Waals surface area contributed by atoms with Crippen LogP contribution in [0.1, 0.15) is 19.5 Å². The van der Waals surface area contributed by atoms with Crippen LogP contribution in [0.2, 0.25) is 0 Å². The maximum atomic E-state index is 10.9. The molecule has 6 heteroatoms. The van der Waals surface area contributed by atoms with E-state index in [0.29, 0.717) is 17.3 Å². The first-order valence-electron chi connectivity index (χ1n) is 7.18. The predicted octanol–water partition coefficient (Wildman–Crippen LogP) is 3.45. The highest BCUT2D eigenvalue weighted by Gasteiger charge is 2.12. The van der Waals surface area contributed by atoms with Crippen molar-refractivity contribution in [1.29, 1.82) is 0 Å². The van der Waals surface area contributed by atoms with Crippen molar-refractivity contribution < 1.29 is 4.92 Å². The summed E-state index contributed by atoms with van der Waals surface area (Å²) >= 11 is 0. The quantitative estimate of drug-likeness (QED) is 0.624. The van der Waals surface area contributed by atoms with E-state index in [1.807, 2.05) is 20.0 Å². The number of anilines is 1. The average molecular weight is 300 g/mol. The molecular formula is C16H20N4O2. The summed E-state index contributed by atoms with van der Waals surface area (Å²) in [5.41, 5.74) is 1.53. The Morgan fingerprint density at radius 2 is 2.00 bits per heavy atom. The summed E-state index contributed by atoms with van der Waals surface area (Å²) in [6.45, 7) is 7.07. The van der Waals surface area contributed by atoms with Crippen molar-refractivity contribution in [3.8, 4) is 11.4 Å². The second-order valence-corrected chi connectivity index (χ2v) is 5.77. The number of hydrogen-bond donors (Lipinski definition) is 0. The van der Waals surface area contributed by atoms with Crippen molar-refractivity contribution in [3.05, 3.63) is 46.1 Å². The van der Waals surface area contributed by atoms with Crippen molar-refractivity contribution in [2.45, 2.75) is 20.8 Å². The molecule has 22 heavy (non-hydrogen) atoms. The van der Waals surface area contributed by atoms with E-state index >= 15 is 0 Å². The van der Waals surface area contributed by atoms with Gasteiger partial charge in [0.15, 0.2) is 5.82 Å². The Bertz CT molecular complexity index is 686. The zero-order valence-electron chi connectivity index (χ0n) is 13.3. The Kier molecular flexibility index (Phi) is 4.70. The van der Waals surface area contributed by atoms with Crippen LogP contribution in [-0.2, 0) is 0 Å². The van der Waals surface area contributed by atoms with Crippen molar-refractivity contribution in [2.24, 2.45) is 5.92 Å². The lowest BCUT2D eigenvalue weighted by Gasteiger charge is -2.21. The zero-order valence-corrected chi connectivity index (χ0v) is 13.3. The van der Waals surface area contributed by atoms with Crippen LogP contribution in [0, 0.1) is 23.0 Å². The van der Waals surface area contributed by atoms with Crippen LogP contribution in [0.4, 0.5) is 11.5 Å². The molecule has 6 nitrogen and oxygen atoms in total. The van der Waals surface area contributed by atoms with Gasteiger partial charge in [0.1, 0.15) is 5.82 Å². The third-order valence-corrected chi connectivity index (χ3v) is 3.19. The van der Waals surface area contributed by atoms with Gasteiger partial charge in [0.05, 0.1) is 4.92 Å². The van der Waals surface area contributed by atoms with E-state index in [0.717, 1.165) is 18.1 Å². The number of non-ortho nitro benzene ring substituents is 1. The molecule has 116 valence electrons. The second-order valence-electron chi connectivity index (χ2n) is 5.77. The molecule has 0 bridgehead atoms. The van der Waals surface area contributed by atoms with Crippen molar-refractivity contribution in [1.82, 2.24) is 9.97 Å². The van der Waals surface area contributed by atoms with E-state index in [1.54, 1.807) is 12.1 Å². The van der Waals surface area contributed by atoms with Gasteiger partial charge >= 0.3 is 0 Å². The number of hydrogen-bond acceptors (Lipinski definition) is 5. The first kappa shape index (κ1) is 15.9. The molecule has 2 aromatic rings. The summed E-state index contributed by atoms with van der Waals surface area (Å²) in [6.07, 6.45) is 0. The molecule has 2 rings (SSSR count). The molecule has 0 radical (unpaired) electrons. The molecule has 0 aliphatic heterocycles. The SMILES string of the molecule is Cc1cc(N(C)CC(C)C)nc(-c2cccc([N+](=O)[O-])c2)n1. The number of nitrogens with zero attached hydrogens (tertiary/aromatic N) is 4. The van der Waals surface area contributed by atoms with Gasteiger partial charge < -0.3 is 4.90 Å². The molecule has 1 aromatic carbocycles. The summed E-state index contributed by atoms with van der Waals surface area (Å²) in [5.74, 6) is 1.85. The van der Waals surface area contributed by atoms with Gasteiger partial charge in [-0.1, -0.05) is 26.0 Å². The zero-order chi connectivity index (χ0) is 16.3. The van der Waals surface area contributed by atoms with Crippen LogP contribution in [0.5, 0.6) is 0 Å². The third-order valence-electron chi connectivity index (χ3n) is 3.19. The van der Waals surface area contributed by atoms with Gasteiger partial charge in [-0.2, -0.15) is 0 Å². The molecule has 0 unspecified atom stereocenters. The summed E-state index contributed by atoms with van der Waals surface area (Å²) < 4.78 is 0. The monoisotopic (exact) mass is 300 g/mol. The fourth-order valence-corrected chi connectivity index (χ4v) is 2.28. The molecule has 0 atom stereocenters. The first-order valence-corrected chi connectivity index (χ1v) is 7.18. The van der Waals surface area contributed by atoms with Gasteiger partial charge in [0.2, 0.25) is 0 Å². The predicted molar refractivity (Wildman–Crippen MR) is 87.0 cm³/mol. The van der Waals surface area contributed by atoms with Crippen LogP contribution in [0.25, 0.3) is 11.4 Å². The van der Waals surface area contributed by atoms with Crippen molar-refractivity contribution >= 4 is 11.5 Å². The maximum Gasteiger partial charge on any atom is 0.270 e. The Hall–Kier alpha value is -2.50.